The Morgan fingerprint density at radius 2 is 2.20 bits per heavy atom. The van der Waals surface area contributed by atoms with E-state index in [1.54, 1.807) is 33.6 Å². The first-order chi connectivity index (χ1) is 16.9. The second kappa shape index (κ2) is 7.87. The van der Waals surface area contributed by atoms with Crippen LogP contribution in [0.2, 0.25) is 0 Å². The molecule has 5 heterocycles. The number of halogens is 1. The molecule has 2 aliphatic carbocycles. The molecule has 9 nitrogen and oxygen atoms in total. The topological polar surface area (TPSA) is 100 Å². The lowest BCUT2D eigenvalue weighted by Crippen LogP contribution is -2.52. The maximum Gasteiger partial charge on any atom is 0.274 e. The van der Waals surface area contributed by atoms with Crippen LogP contribution in [0.4, 0.5) is 10.1 Å². The largest absolute Gasteiger partial charge is 0.474 e. The molecule has 3 aromatic rings. The average Bonchev–Trinajstić information content (AvgIpc) is 3.32. The molecule has 3 aromatic heterocycles. The number of ether oxygens (including phenoxy) is 2. The molecule has 2 saturated carbocycles. The third-order valence-corrected chi connectivity index (χ3v) is 7.43. The molecule has 35 heavy (non-hydrogen) atoms. The first-order valence-electron chi connectivity index (χ1n) is 12.2. The summed E-state index contributed by atoms with van der Waals surface area (Å²) in [6, 6.07) is 5.25. The number of alkyl halides is 1. The molecule has 1 N–H and O–H groups in total. The Kier molecular flexibility index (Phi) is 5.00. The smallest absolute Gasteiger partial charge is 0.274 e. The lowest BCUT2D eigenvalue weighted by atomic mass is 9.69. The summed E-state index contributed by atoms with van der Waals surface area (Å²) in [4.78, 5) is 30.7. The van der Waals surface area contributed by atoms with Gasteiger partial charge in [-0.3, -0.25) is 14.3 Å². The first-order valence-corrected chi connectivity index (χ1v) is 12.2. The molecule has 2 bridgehead atoms. The Morgan fingerprint density at radius 1 is 1.40 bits per heavy atom. The molecule has 184 valence electrons. The van der Waals surface area contributed by atoms with E-state index < -0.39 is 18.2 Å². The zero-order valence-electron chi connectivity index (χ0n) is 19.8. The highest BCUT2D eigenvalue weighted by molar-refractivity contribution is 6.07. The number of fused-ring (bicyclic) bond motifs is 2. The third-order valence-electron chi connectivity index (χ3n) is 7.43. The van der Waals surface area contributed by atoms with E-state index in [2.05, 4.69) is 15.4 Å². The third kappa shape index (κ3) is 3.62. The first kappa shape index (κ1) is 22.2. The Balaban J connectivity index is 1.35. The maximum atomic E-state index is 13.4. The summed E-state index contributed by atoms with van der Waals surface area (Å²) in [6.07, 6.45) is 7.19. The molecule has 1 amide bonds. The molecule has 4 fully saturated rings. The summed E-state index contributed by atoms with van der Waals surface area (Å²) in [5, 5.41) is 8.05. The van der Waals surface area contributed by atoms with E-state index in [0.717, 1.165) is 19.3 Å². The van der Waals surface area contributed by atoms with Gasteiger partial charge < -0.3 is 19.4 Å². The van der Waals surface area contributed by atoms with Crippen molar-refractivity contribution in [3.8, 4) is 5.88 Å². The van der Waals surface area contributed by atoms with Gasteiger partial charge >= 0.3 is 0 Å². The molecular weight excluding hydrogens is 453 g/mol. The number of rotatable bonds is 8. The normalized spacial score (nSPS) is 25.9. The molecule has 2 aliphatic heterocycles. The summed E-state index contributed by atoms with van der Waals surface area (Å²) in [5.41, 5.74) is -0.417. The molecule has 4 aliphatic rings. The van der Waals surface area contributed by atoms with E-state index in [1.807, 2.05) is 20.0 Å². The lowest BCUT2D eigenvalue weighted by Gasteiger charge is -2.42. The van der Waals surface area contributed by atoms with Crippen LogP contribution in [-0.2, 0) is 10.3 Å². The Hall–Kier alpha value is -3.27. The minimum absolute atomic E-state index is 0.167. The van der Waals surface area contributed by atoms with Gasteiger partial charge in [0.25, 0.3) is 11.5 Å². The highest BCUT2D eigenvalue weighted by atomic mass is 19.1. The van der Waals surface area contributed by atoms with Gasteiger partial charge in [0.15, 0.2) is 5.65 Å². The van der Waals surface area contributed by atoms with Gasteiger partial charge in [-0.05, 0) is 44.4 Å². The van der Waals surface area contributed by atoms with Gasteiger partial charge in [-0.1, -0.05) is 6.92 Å². The number of nitrogens with zero attached hydrogens (tertiary/aromatic N) is 4. The van der Waals surface area contributed by atoms with Crippen LogP contribution in [0.5, 0.6) is 5.88 Å². The van der Waals surface area contributed by atoms with Crippen LogP contribution in [0.3, 0.4) is 0 Å². The van der Waals surface area contributed by atoms with Crippen LogP contribution in [0, 0.1) is 0 Å². The Bertz CT molecular complexity index is 1370. The van der Waals surface area contributed by atoms with Gasteiger partial charge in [0.1, 0.15) is 23.5 Å². The van der Waals surface area contributed by atoms with Crippen molar-refractivity contribution >= 4 is 22.6 Å². The van der Waals surface area contributed by atoms with Crippen molar-refractivity contribution in [2.45, 2.75) is 69.2 Å². The number of carbonyl (C=O) groups is 1. The summed E-state index contributed by atoms with van der Waals surface area (Å²) in [7, 11) is 0. The van der Waals surface area contributed by atoms with E-state index in [4.69, 9.17) is 9.47 Å². The van der Waals surface area contributed by atoms with Crippen molar-refractivity contribution in [1.29, 1.82) is 0 Å². The predicted molar refractivity (Wildman–Crippen MR) is 127 cm³/mol. The monoisotopic (exact) mass is 481 g/mol. The molecule has 1 atom stereocenters. The fourth-order valence-electron chi connectivity index (χ4n) is 5.15. The predicted octanol–water partition coefficient (Wildman–Crippen LogP) is 3.59. The summed E-state index contributed by atoms with van der Waals surface area (Å²) < 4.78 is 28.5. The minimum Gasteiger partial charge on any atom is -0.474 e. The fraction of sp³-hybridized carbons (Fsp3) is 0.520. The van der Waals surface area contributed by atoms with E-state index in [1.165, 1.54) is 0 Å². The quantitative estimate of drug-likeness (QED) is 0.528. The number of amides is 1. The lowest BCUT2D eigenvalue weighted by molar-refractivity contribution is -0.0336. The van der Waals surface area contributed by atoms with E-state index in [9.17, 15) is 14.0 Å². The molecule has 0 spiro atoms. The van der Waals surface area contributed by atoms with Crippen LogP contribution in [0.15, 0.2) is 35.4 Å². The van der Waals surface area contributed by atoms with E-state index >= 15 is 0 Å². The molecule has 0 aromatic carbocycles. The maximum absolute atomic E-state index is 13.4. The van der Waals surface area contributed by atoms with E-state index in [0.29, 0.717) is 30.5 Å². The average molecular weight is 482 g/mol. The van der Waals surface area contributed by atoms with Gasteiger partial charge in [-0.25, -0.2) is 4.39 Å². The number of aromatic nitrogens is 4. The second-order valence-corrected chi connectivity index (χ2v) is 10.2. The van der Waals surface area contributed by atoms with Crippen LogP contribution < -0.4 is 15.6 Å². The van der Waals surface area contributed by atoms with Crippen molar-refractivity contribution in [3.63, 3.8) is 0 Å². The van der Waals surface area contributed by atoms with Crippen molar-refractivity contribution in [2.24, 2.45) is 0 Å². The number of hydrogen-bond acceptors (Lipinski definition) is 6. The van der Waals surface area contributed by atoms with Crippen LogP contribution >= 0.6 is 0 Å². The fourth-order valence-corrected chi connectivity index (χ4v) is 5.15. The summed E-state index contributed by atoms with van der Waals surface area (Å²) in [5.74, 6) is -0.307. The summed E-state index contributed by atoms with van der Waals surface area (Å²) >= 11 is 0. The number of carbonyl (C=O) groups excluding carboxylic acids is 1. The minimum atomic E-state index is -0.690. The Labute approximate surface area is 201 Å². The number of nitrogens with one attached hydrogen (secondary N) is 1. The zero-order valence-corrected chi connectivity index (χ0v) is 19.8. The van der Waals surface area contributed by atoms with Crippen molar-refractivity contribution in [3.05, 3.63) is 46.5 Å². The molecule has 7 rings (SSSR count). The van der Waals surface area contributed by atoms with Gasteiger partial charge in [-0.15, -0.1) is 0 Å². The standard InChI is InChI=1S/C25H28FN5O4/c1-3-15(2)35-22-18(21(32)27-19-5-4-8-30(23(19)33)17-6-7-17)9-16-10-31(29-20(16)28-22)24-11-25(12-24,13-26)34-14-24/h4-5,8-10,15,17H,3,6-7,11-14H2,1-2H3,(H,27,32)/t15-,24?,25?/m1/s1. The Morgan fingerprint density at radius 3 is 2.89 bits per heavy atom. The highest BCUT2D eigenvalue weighted by Gasteiger charge is 2.64. The van der Waals surface area contributed by atoms with Crippen LogP contribution in [-0.4, -0.2) is 50.2 Å². The second-order valence-electron chi connectivity index (χ2n) is 10.2. The van der Waals surface area contributed by atoms with E-state index in [-0.39, 0.29) is 40.4 Å². The van der Waals surface area contributed by atoms with Gasteiger partial charge in [0.2, 0.25) is 5.88 Å². The summed E-state index contributed by atoms with van der Waals surface area (Å²) in [6.45, 7) is 3.77. The number of hydrogen-bond donors (Lipinski definition) is 1. The number of anilines is 1. The van der Waals surface area contributed by atoms with Crippen LogP contribution in [0.1, 0.15) is 62.4 Å². The highest BCUT2D eigenvalue weighted by Crippen LogP contribution is 2.56. The van der Waals surface area contributed by atoms with Crippen LogP contribution in [0.25, 0.3) is 11.0 Å². The molecule has 2 saturated heterocycles. The van der Waals surface area contributed by atoms with Crippen molar-refractivity contribution in [1.82, 2.24) is 19.3 Å². The molecular formula is C25H28FN5O4. The molecule has 0 radical (unpaired) electrons. The van der Waals surface area contributed by atoms with Gasteiger partial charge in [0.05, 0.1) is 18.2 Å². The van der Waals surface area contributed by atoms with Gasteiger partial charge in [-0.2, -0.15) is 10.1 Å². The zero-order chi connectivity index (χ0) is 24.4. The molecule has 0 unspecified atom stereocenters. The molecule has 10 heteroatoms. The van der Waals surface area contributed by atoms with Crippen molar-refractivity contribution < 1.29 is 18.7 Å². The SMILES string of the molecule is CC[C@@H](C)Oc1nc2nn(C34COC(CF)(C3)C4)cc2cc1C(=O)Nc1cccn(C2CC2)c1=O. The van der Waals surface area contributed by atoms with Gasteiger partial charge in [0, 0.05) is 36.7 Å². The van der Waals surface area contributed by atoms with Crippen molar-refractivity contribution in [2.75, 3.05) is 18.6 Å². The number of pyridine rings is 2.